The van der Waals surface area contributed by atoms with Gasteiger partial charge in [-0.2, -0.15) is 0 Å². The van der Waals surface area contributed by atoms with E-state index in [1.807, 2.05) is 0 Å². The third-order valence-corrected chi connectivity index (χ3v) is 0. The van der Waals surface area contributed by atoms with E-state index in [1.54, 1.807) is 0 Å². The maximum absolute atomic E-state index is 8.81. The molecule has 0 bridgehead atoms. The van der Waals surface area contributed by atoms with Crippen molar-refractivity contribution >= 4 is 44.0 Å². The van der Waals surface area contributed by atoms with Crippen LogP contribution < -0.4 is 0 Å². The first-order valence-corrected chi connectivity index (χ1v) is 0.813. The molecule has 0 fully saturated rings. The molecule has 1 nitrogen and oxygen atoms in total. The Kier molecular flexibility index (Phi) is 20.1. The first-order valence-electron chi connectivity index (χ1n) is 0.813. The second-order valence-electron chi connectivity index (χ2n) is 0.236. The molecule has 0 radical (unpaired) electrons. The Morgan fingerprint density at radius 2 is 2.00 bits per heavy atom. The van der Waals surface area contributed by atoms with E-state index in [0.29, 0.717) is 0 Å². The molecule has 0 heterocycles. The fourth-order valence-electron chi connectivity index (χ4n) is 0. The van der Waals surface area contributed by atoms with Crippen molar-refractivity contribution in [2.45, 2.75) is 6.92 Å². The molecule has 22 valence electrons. The molecule has 0 spiro atoms. The van der Waals surface area contributed by atoms with Gasteiger partial charge in [-0.3, -0.25) is 0 Å². The average Bonchev–Trinajstić information content (AvgIpc) is 0.918. The molecular formula is C2H6CaO. The van der Waals surface area contributed by atoms with Gasteiger partial charge in [-0.25, -0.2) is 0 Å². The summed E-state index contributed by atoms with van der Waals surface area (Å²) in [6.07, 6.45) is 0.750. The van der Waals surface area contributed by atoms with Crippen LogP contribution in [0.4, 0.5) is 0 Å². The van der Waals surface area contributed by atoms with Crippen LogP contribution in [0.1, 0.15) is 9.78 Å². The number of carbonyl (C=O) groups is 1. The number of hydrogen-bond donors (Lipinski definition) is 0. The van der Waals surface area contributed by atoms with Crippen LogP contribution in [0.5, 0.6) is 0 Å². The molecule has 0 N–H and O–H groups in total. The fraction of sp³-hybridized carbons (Fsp3) is 0.500. The molecule has 0 aromatic heterocycles. The smallest absolute Gasteiger partial charge is 1.00 e. The van der Waals surface area contributed by atoms with Crippen LogP contribution in [0, 0.1) is 0 Å². The Morgan fingerprint density at radius 1 is 2.00 bits per heavy atom. The molecule has 2 heteroatoms. The second-order valence-corrected chi connectivity index (χ2v) is 0.236. The Labute approximate surface area is 58.4 Å². The zero-order chi connectivity index (χ0) is 2.71. The molecule has 0 atom stereocenters. The molecule has 0 saturated heterocycles. The van der Waals surface area contributed by atoms with Crippen LogP contribution in [0.3, 0.4) is 0 Å². The first kappa shape index (κ1) is 8.87. The molecule has 0 saturated carbocycles. The van der Waals surface area contributed by atoms with E-state index in [4.69, 9.17) is 4.79 Å². The molecular weight excluding hydrogens is 80.1 g/mol. The molecule has 0 aromatic carbocycles. The second kappa shape index (κ2) is 9.06. The van der Waals surface area contributed by atoms with Crippen LogP contribution in [0.15, 0.2) is 0 Å². The van der Waals surface area contributed by atoms with Gasteiger partial charge in [-0.15, -0.1) is 0 Å². The summed E-state index contributed by atoms with van der Waals surface area (Å²) >= 11 is 0. The third kappa shape index (κ3) is 12.6. The normalized spacial score (nSPS) is 3.25. The monoisotopic (exact) mass is 86.0 g/mol. The summed E-state index contributed by atoms with van der Waals surface area (Å²) in [4.78, 5) is 8.81. The van der Waals surface area contributed by atoms with E-state index in [1.165, 1.54) is 6.92 Å². The van der Waals surface area contributed by atoms with Gasteiger partial charge in [0, 0.05) is 0 Å². The number of aldehydes is 1. The molecule has 0 aliphatic heterocycles. The SMILES string of the molecule is CC=O.[Ca+2].[H-].[H-]. The summed E-state index contributed by atoms with van der Waals surface area (Å²) in [6, 6.07) is 0. The summed E-state index contributed by atoms with van der Waals surface area (Å²) < 4.78 is 0. The van der Waals surface area contributed by atoms with Crippen molar-refractivity contribution in [1.82, 2.24) is 0 Å². The minimum atomic E-state index is 0. The van der Waals surface area contributed by atoms with Gasteiger partial charge in [0.15, 0.2) is 0 Å². The standard InChI is InChI=1S/C2H4O.Ca.2H/c1-2-3;;;/h2H,1H3;;;/q;+2;2*-1. The largest absolute Gasteiger partial charge is 2.00 e. The summed E-state index contributed by atoms with van der Waals surface area (Å²) in [6.45, 7) is 1.44. The number of carbonyl (C=O) groups excluding carboxylic acids is 1. The number of rotatable bonds is 0. The number of hydrogen-bond acceptors (Lipinski definition) is 1. The minimum absolute atomic E-state index is 0. The van der Waals surface area contributed by atoms with Crippen molar-refractivity contribution in [1.29, 1.82) is 0 Å². The third-order valence-electron chi connectivity index (χ3n) is 0. The van der Waals surface area contributed by atoms with Gasteiger partial charge in [0.1, 0.15) is 6.29 Å². The predicted octanol–water partition coefficient (Wildman–Crippen LogP) is 0.0494. The van der Waals surface area contributed by atoms with E-state index < -0.39 is 0 Å². The van der Waals surface area contributed by atoms with E-state index in [2.05, 4.69) is 0 Å². The Balaban J connectivity index is -0.00000000667. The molecule has 0 amide bonds. The van der Waals surface area contributed by atoms with Gasteiger partial charge in [-0.05, 0) is 6.92 Å². The van der Waals surface area contributed by atoms with Gasteiger partial charge in [0.25, 0.3) is 0 Å². The molecule has 0 aromatic rings. The zero-order valence-corrected chi connectivity index (χ0v) is 4.90. The van der Waals surface area contributed by atoms with Crippen molar-refractivity contribution in [3.05, 3.63) is 0 Å². The fourth-order valence-corrected chi connectivity index (χ4v) is 0. The van der Waals surface area contributed by atoms with E-state index >= 15 is 0 Å². The Hall–Kier alpha value is 0.930. The maximum Gasteiger partial charge on any atom is 2.00 e. The van der Waals surface area contributed by atoms with Crippen molar-refractivity contribution in [3.8, 4) is 0 Å². The van der Waals surface area contributed by atoms with Gasteiger partial charge in [0.2, 0.25) is 0 Å². The van der Waals surface area contributed by atoms with Crippen LogP contribution in [0.2, 0.25) is 0 Å². The van der Waals surface area contributed by atoms with Gasteiger partial charge >= 0.3 is 37.7 Å². The van der Waals surface area contributed by atoms with Crippen molar-refractivity contribution in [3.63, 3.8) is 0 Å². The van der Waals surface area contributed by atoms with Gasteiger partial charge in [0.05, 0.1) is 0 Å². The minimum Gasteiger partial charge on any atom is -1.00 e. The molecule has 0 aliphatic carbocycles. The summed E-state index contributed by atoms with van der Waals surface area (Å²) in [5.74, 6) is 0. The predicted molar refractivity (Wildman–Crippen MR) is 19.7 cm³/mol. The van der Waals surface area contributed by atoms with Gasteiger partial charge in [-0.1, -0.05) is 0 Å². The van der Waals surface area contributed by atoms with Crippen LogP contribution in [-0.2, 0) is 4.79 Å². The van der Waals surface area contributed by atoms with Crippen molar-refractivity contribution in [2.24, 2.45) is 0 Å². The van der Waals surface area contributed by atoms with E-state index in [-0.39, 0.29) is 40.6 Å². The van der Waals surface area contributed by atoms with Crippen molar-refractivity contribution < 1.29 is 7.65 Å². The van der Waals surface area contributed by atoms with Crippen molar-refractivity contribution in [2.75, 3.05) is 0 Å². The Bertz CT molecular complexity index is 19.0. The van der Waals surface area contributed by atoms with Gasteiger partial charge < -0.3 is 7.65 Å². The summed E-state index contributed by atoms with van der Waals surface area (Å²) in [5.41, 5.74) is 0. The maximum atomic E-state index is 8.81. The molecule has 4 heavy (non-hydrogen) atoms. The van der Waals surface area contributed by atoms with Crippen LogP contribution in [0.25, 0.3) is 0 Å². The van der Waals surface area contributed by atoms with Crippen LogP contribution >= 0.6 is 0 Å². The van der Waals surface area contributed by atoms with Crippen LogP contribution in [-0.4, -0.2) is 44.0 Å². The molecule has 0 aliphatic rings. The summed E-state index contributed by atoms with van der Waals surface area (Å²) in [5, 5.41) is 0. The quantitative estimate of drug-likeness (QED) is 0.301. The molecule has 0 unspecified atom stereocenters. The van der Waals surface area contributed by atoms with E-state index in [0.717, 1.165) is 6.29 Å². The zero-order valence-electron chi connectivity index (χ0n) is 4.69. The average molecular weight is 86.1 g/mol. The van der Waals surface area contributed by atoms with E-state index in [9.17, 15) is 0 Å². The Morgan fingerprint density at radius 3 is 2.00 bits per heavy atom. The topological polar surface area (TPSA) is 17.1 Å². The molecule has 0 rings (SSSR count). The first-order chi connectivity index (χ1) is 1.41. The summed E-state index contributed by atoms with van der Waals surface area (Å²) in [7, 11) is 0.